The van der Waals surface area contributed by atoms with Gasteiger partial charge in [0.25, 0.3) is 0 Å². The van der Waals surface area contributed by atoms with Gasteiger partial charge >= 0.3 is 5.76 Å². The van der Waals surface area contributed by atoms with Gasteiger partial charge in [0.05, 0.1) is 29.0 Å². The van der Waals surface area contributed by atoms with Gasteiger partial charge in [-0.15, -0.1) is 0 Å². The summed E-state index contributed by atoms with van der Waals surface area (Å²) in [5, 5.41) is 11.9. The predicted molar refractivity (Wildman–Crippen MR) is 72.9 cm³/mol. The SMILES string of the molecule is O=S(=O)(c1ccccc1NCc1ccc(O)cn1)C(F)F. The minimum absolute atomic E-state index is 0.000529. The van der Waals surface area contributed by atoms with Crippen LogP contribution in [0.3, 0.4) is 0 Å². The highest BCUT2D eigenvalue weighted by Crippen LogP contribution is 2.26. The van der Waals surface area contributed by atoms with Crippen LogP contribution in [-0.4, -0.2) is 24.3 Å². The van der Waals surface area contributed by atoms with E-state index in [1.807, 2.05) is 0 Å². The van der Waals surface area contributed by atoms with Crippen molar-refractivity contribution in [2.24, 2.45) is 0 Å². The van der Waals surface area contributed by atoms with E-state index in [9.17, 15) is 17.2 Å². The van der Waals surface area contributed by atoms with E-state index < -0.39 is 20.5 Å². The summed E-state index contributed by atoms with van der Waals surface area (Å²) < 4.78 is 48.4. The number of benzene rings is 1. The Morgan fingerprint density at radius 2 is 1.90 bits per heavy atom. The zero-order valence-corrected chi connectivity index (χ0v) is 11.5. The first-order valence-electron chi connectivity index (χ1n) is 5.90. The van der Waals surface area contributed by atoms with Crippen molar-refractivity contribution in [2.75, 3.05) is 5.32 Å². The summed E-state index contributed by atoms with van der Waals surface area (Å²) in [4.78, 5) is 3.45. The van der Waals surface area contributed by atoms with Gasteiger partial charge in [-0.3, -0.25) is 4.98 Å². The molecule has 0 unspecified atom stereocenters. The van der Waals surface area contributed by atoms with E-state index in [-0.39, 0.29) is 18.0 Å². The smallest absolute Gasteiger partial charge is 0.341 e. The van der Waals surface area contributed by atoms with Gasteiger partial charge in [-0.2, -0.15) is 8.78 Å². The van der Waals surface area contributed by atoms with Gasteiger partial charge in [0.15, 0.2) is 0 Å². The minimum atomic E-state index is -4.67. The number of alkyl halides is 2. The molecule has 5 nitrogen and oxygen atoms in total. The number of hydrogen-bond donors (Lipinski definition) is 2. The third-order valence-corrected chi connectivity index (χ3v) is 4.14. The first kappa shape index (κ1) is 15.2. The van der Waals surface area contributed by atoms with Crippen LogP contribution in [0.25, 0.3) is 0 Å². The molecule has 21 heavy (non-hydrogen) atoms. The molecule has 0 spiro atoms. The second-order valence-electron chi connectivity index (χ2n) is 4.16. The molecule has 2 N–H and O–H groups in total. The minimum Gasteiger partial charge on any atom is -0.506 e. The van der Waals surface area contributed by atoms with Crippen molar-refractivity contribution >= 4 is 15.5 Å². The molecule has 0 radical (unpaired) electrons. The molecule has 112 valence electrons. The number of sulfone groups is 1. The second-order valence-corrected chi connectivity index (χ2v) is 6.05. The number of halogens is 2. The highest BCUT2D eigenvalue weighted by molar-refractivity contribution is 7.91. The largest absolute Gasteiger partial charge is 0.506 e. The molecule has 0 atom stereocenters. The number of nitrogens with zero attached hydrogens (tertiary/aromatic N) is 1. The van der Waals surface area contributed by atoms with E-state index in [0.717, 1.165) is 6.07 Å². The molecule has 0 aliphatic carbocycles. The second kappa shape index (κ2) is 6.04. The molecule has 1 heterocycles. The number of nitrogens with one attached hydrogen (secondary N) is 1. The number of hydrogen-bond acceptors (Lipinski definition) is 5. The van der Waals surface area contributed by atoms with Gasteiger partial charge < -0.3 is 10.4 Å². The molecule has 0 saturated heterocycles. The van der Waals surface area contributed by atoms with E-state index in [1.54, 1.807) is 0 Å². The molecule has 1 aromatic carbocycles. The fourth-order valence-electron chi connectivity index (χ4n) is 1.66. The Morgan fingerprint density at radius 3 is 2.52 bits per heavy atom. The van der Waals surface area contributed by atoms with Crippen LogP contribution < -0.4 is 5.32 Å². The summed E-state index contributed by atoms with van der Waals surface area (Å²) in [6, 6.07) is 8.39. The normalized spacial score (nSPS) is 11.6. The van der Waals surface area contributed by atoms with Crippen molar-refractivity contribution in [1.82, 2.24) is 4.98 Å². The highest BCUT2D eigenvalue weighted by atomic mass is 32.2. The zero-order valence-electron chi connectivity index (χ0n) is 10.7. The average Bonchev–Trinajstić information content (AvgIpc) is 2.47. The van der Waals surface area contributed by atoms with Gasteiger partial charge in [-0.1, -0.05) is 12.1 Å². The number of rotatable bonds is 5. The molecule has 0 saturated carbocycles. The standard InChI is InChI=1S/C13H12F2N2O3S/c14-13(15)21(19,20)12-4-2-1-3-11(12)17-7-9-5-6-10(18)8-16-9/h1-6,8,13,17-18H,7H2. The topological polar surface area (TPSA) is 79.3 Å². The van der Waals surface area contributed by atoms with Gasteiger partial charge in [-0.05, 0) is 24.3 Å². The van der Waals surface area contributed by atoms with Crippen LogP contribution in [0.4, 0.5) is 14.5 Å². The molecule has 0 aliphatic rings. The zero-order chi connectivity index (χ0) is 15.5. The molecular formula is C13H12F2N2O3S. The molecule has 2 aromatic rings. The molecule has 0 bridgehead atoms. The van der Waals surface area contributed by atoms with Crippen molar-refractivity contribution in [3.8, 4) is 5.75 Å². The lowest BCUT2D eigenvalue weighted by Crippen LogP contribution is -2.14. The fourth-order valence-corrected chi connectivity index (χ4v) is 2.57. The van der Waals surface area contributed by atoms with Gasteiger partial charge in [-0.25, -0.2) is 8.42 Å². The number of aromatic hydroxyl groups is 1. The van der Waals surface area contributed by atoms with Crippen LogP contribution in [0.1, 0.15) is 5.69 Å². The lowest BCUT2D eigenvalue weighted by Gasteiger charge is -2.11. The Balaban J connectivity index is 2.23. The van der Waals surface area contributed by atoms with Crippen molar-refractivity contribution in [3.05, 3.63) is 48.3 Å². The number of para-hydroxylation sites is 1. The molecule has 0 aliphatic heterocycles. The van der Waals surface area contributed by atoms with E-state index in [4.69, 9.17) is 5.11 Å². The molecule has 8 heteroatoms. The third-order valence-electron chi connectivity index (χ3n) is 2.70. The number of aromatic nitrogens is 1. The van der Waals surface area contributed by atoms with Crippen LogP contribution in [0, 0.1) is 0 Å². The fraction of sp³-hybridized carbons (Fsp3) is 0.154. The Labute approximate surface area is 120 Å². The predicted octanol–water partition coefficient (Wildman–Crippen LogP) is 2.40. The summed E-state index contributed by atoms with van der Waals surface area (Å²) >= 11 is 0. The van der Waals surface area contributed by atoms with Crippen molar-refractivity contribution in [2.45, 2.75) is 17.2 Å². The molecule has 0 amide bonds. The van der Waals surface area contributed by atoms with E-state index in [2.05, 4.69) is 10.3 Å². The molecular weight excluding hydrogens is 302 g/mol. The summed E-state index contributed by atoms with van der Waals surface area (Å²) in [5.41, 5.74) is 0.602. The highest BCUT2D eigenvalue weighted by Gasteiger charge is 2.28. The summed E-state index contributed by atoms with van der Waals surface area (Å²) in [7, 11) is -4.67. The van der Waals surface area contributed by atoms with Gasteiger partial charge in [0.1, 0.15) is 5.75 Å². The first-order valence-corrected chi connectivity index (χ1v) is 7.45. The van der Waals surface area contributed by atoms with Crippen LogP contribution >= 0.6 is 0 Å². The van der Waals surface area contributed by atoms with Crippen LogP contribution in [0.15, 0.2) is 47.5 Å². The van der Waals surface area contributed by atoms with Crippen molar-refractivity contribution < 1.29 is 22.3 Å². The molecule has 0 fully saturated rings. The third kappa shape index (κ3) is 3.46. The van der Waals surface area contributed by atoms with Crippen LogP contribution in [0.5, 0.6) is 5.75 Å². The van der Waals surface area contributed by atoms with Crippen molar-refractivity contribution in [1.29, 1.82) is 0 Å². The van der Waals surface area contributed by atoms with Gasteiger partial charge in [0.2, 0.25) is 9.84 Å². The van der Waals surface area contributed by atoms with Gasteiger partial charge in [0, 0.05) is 0 Å². The average molecular weight is 314 g/mol. The summed E-state index contributed by atoms with van der Waals surface area (Å²) in [6.45, 7) is 0.135. The van der Waals surface area contributed by atoms with E-state index >= 15 is 0 Å². The Morgan fingerprint density at radius 1 is 1.19 bits per heavy atom. The Bertz CT molecular complexity index is 718. The Kier molecular flexibility index (Phi) is 4.37. The summed E-state index contributed by atoms with van der Waals surface area (Å²) in [5.74, 6) is -3.48. The summed E-state index contributed by atoms with van der Waals surface area (Å²) in [6.07, 6.45) is 1.23. The number of pyridine rings is 1. The maximum absolute atomic E-state index is 12.6. The van der Waals surface area contributed by atoms with E-state index in [1.165, 1.54) is 36.5 Å². The van der Waals surface area contributed by atoms with Crippen LogP contribution in [0.2, 0.25) is 0 Å². The quantitative estimate of drug-likeness (QED) is 0.886. The Hall–Kier alpha value is -2.22. The molecule has 1 aromatic heterocycles. The van der Waals surface area contributed by atoms with Crippen molar-refractivity contribution in [3.63, 3.8) is 0 Å². The van der Waals surface area contributed by atoms with Crippen LogP contribution in [-0.2, 0) is 16.4 Å². The molecule has 2 rings (SSSR count). The monoisotopic (exact) mass is 314 g/mol. The van der Waals surface area contributed by atoms with E-state index in [0.29, 0.717) is 5.69 Å². The lowest BCUT2D eigenvalue weighted by atomic mass is 10.3. The first-order chi connectivity index (χ1) is 9.91. The maximum Gasteiger partial charge on any atom is 0.341 e. The lowest BCUT2D eigenvalue weighted by molar-refractivity contribution is 0.235. The maximum atomic E-state index is 12.6. The number of anilines is 1.